The van der Waals surface area contributed by atoms with Crippen LogP contribution >= 0.6 is 0 Å². The molecule has 2 N–H and O–H groups in total. The van der Waals surface area contributed by atoms with Crippen LogP contribution in [0.25, 0.3) is 6.08 Å². The Morgan fingerprint density at radius 3 is 2.31 bits per heavy atom. The van der Waals surface area contributed by atoms with Gasteiger partial charge in [-0.3, -0.25) is 9.59 Å². The first-order valence-electron chi connectivity index (χ1n) is 8.07. The molecule has 0 heterocycles. The monoisotopic (exact) mass is 354 g/mol. The van der Waals surface area contributed by atoms with Crippen LogP contribution in [0, 0.1) is 0 Å². The number of amides is 2. The summed E-state index contributed by atoms with van der Waals surface area (Å²) in [4.78, 5) is 24.0. The standard InChI is InChI=1S/C20H22N2O4/c1-14(23)22-17(20(24)21-13-15-7-5-4-6-8-15)11-16-9-10-18(25-2)19(12-16)26-3/h4-12H,13H2,1-3H3,(H,21,24)(H,22,23)/b17-11+. The van der Waals surface area contributed by atoms with Crippen LogP contribution in [-0.2, 0) is 16.1 Å². The number of benzene rings is 2. The third-order valence-corrected chi connectivity index (χ3v) is 3.57. The Balaban J connectivity index is 2.21. The Bertz CT molecular complexity index is 801. The van der Waals surface area contributed by atoms with Gasteiger partial charge in [0.25, 0.3) is 5.91 Å². The van der Waals surface area contributed by atoms with E-state index in [2.05, 4.69) is 10.6 Å². The summed E-state index contributed by atoms with van der Waals surface area (Å²) in [5, 5.41) is 5.37. The Labute approximate surface area is 152 Å². The van der Waals surface area contributed by atoms with Crippen molar-refractivity contribution in [1.29, 1.82) is 0 Å². The molecule has 26 heavy (non-hydrogen) atoms. The highest BCUT2D eigenvalue weighted by molar-refractivity contribution is 6.00. The second-order valence-corrected chi connectivity index (χ2v) is 5.52. The molecule has 0 saturated heterocycles. The molecule has 0 aliphatic carbocycles. The number of ether oxygens (including phenoxy) is 2. The number of carbonyl (C=O) groups is 2. The smallest absolute Gasteiger partial charge is 0.268 e. The molecule has 2 amide bonds. The maximum Gasteiger partial charge on any atom is 0.268 e. The summed E-state index contributed by atoms with van der Waals surface area (Å²) in [5.74, 6) is 0.415. The van der Waals surface area contributed by atoms with Crippen molar-refractivity contribution in [1.82, 2.24) is 10.6 Å². The van der Waals surface area contributed by atoms with Gasteiger partial charge in [-0.1, -0.05) is 36.4 Å². The lowest BCUT2D eigenvalue weighted by molar-refractivity contribution is -0.122. The van der Waals surface area contributed by atoms with Gasteiger partial charge in [0.05, 0.1) is 14.2 Å². The second-order valence-electron chi connectivity index (χ2n) is 5.52. The fraction of sp³-hybridized carbons (Fsp3) is 0.200. The largest absolute Gasteiger partial charge is 0.493 e. The lowest BCUT2D eigenvalue weighted by Gasteiger charge is -2.11. The lowest BCUT2D eigenvalue weighted by Crippen LogP contribution is -2.33. The molecule has 6 nitrogen and oxygen atoms in total. The van der Waals surface area contributed by atoms with E-state index in [1.807, 2.05) is 30.3 Å². The SMILES string of the molecule is COc1ccc(/C=C(/NC(C)=O)C(=O)NCc2ccccc2)cc1OC. The first-order chi connectivity index (χ1) is 12.5. The molecule has 0 spiro atoms. The van der Waals surface area contributed by atoms with Gasteiger partial charge in [-0.15, -0.1) is 0 Å². The Kier molecular flexibility index (Phi) is 6.79. The second kappa shape index (κ2) is 9.27. The van der Waals surface area contributed by atoms with E-state index < -0.39 is 0 Å². The fourth-order valence-corrected chi connectivity index (χ4v) is 2.33. The maximum atomic E-state index is 12.5. The zero-order valence-electron chi connectivity index (χ0n) is 15.0. The third-order valence-electron chi connectivity index (χ3n) is 3.57. The molecular formula is C20H22N2O4. The molecule has 0 aliphatic rings. The van der Waals surface area contributed by atoms with Crippen LogP contribution < -0.4 is 20.1 Å². The third kappa shape index (κ3) is 5.37. The first-order valence-corrected chi connectivity index (χ1v) is 8.07. The number of methoxy groups -OCH3 is 2. The predicted octanol–water partition coefficient (Wildman–Crippen LogP) is 2.50. The lowest BCUT2D eigenvalue weighted by atomic mass is 10.1. The van der Waals surface area contributed by atoms with Gasteiger partial charge in [-0.05, 0) is 29.3 Å². The van der Waals surface area contributed by atoms with E-state index in [4.69, 9.17) is 9.47 Å². The molecule has 136 valence electrons. The van der Waals surface area contributed by atoms with E-state index in [9.17, 15) is 9.59 Å². The van der Waals surface area contributed by atoms with Crippen molar-refractivity contribution in [2.24, 2.45) is 0 Å². The number of hydrogen-bond acceptors (Lipinski definition) is 4. The van der Waals surface area contributed by atoms with Crippen molar-refractivity contribution in [3.8, 4) is 11.5 Å². The van der Waals surface area contributed by atoms with Crippen LogP contribution in [0.2, 0.25) is 0 Å². The summed E-state index contributed by atoms with van der Waals surface area (Å²) in [5.41, 5.74) is 1.82. The van der Waals surface area contributed by atoms with Gasteiger partial charge in [-0.25, -0.2) is 0 Å². The molecule has 0 saturated carbocycles. The molecule has 2 aromatic rings. The van der Waals surface area contributed by atoms with Crippen LogP contribution in [0.3, 0.4) is 0 Å². The summed E-state index contributed by atoms with van der Waals surface area (Å²) < 4.78 is 10.5. The van der Waals surface area contributed by atoms with Gasteiger partial charge in [0.1, 0.15) is 5.70 Å². The fourth-order valence-electron chi connectivity index (χ4n) is 2.33. The zero-order chi connectivity index (χ0) is 18.9. The number of rotatable bonds is 7. The molecular weight excluding hydrogens is 332 g/mol. The van der Waals surface area contributed by atoms with Gasteiger partial charge in [0.15, 0.2) is 11.5 Å². The van der Waals surface area contributed by atoms with Crippen molar-refractivity contribution < 1.29 is 19.1 Å². The summed E-state index contributed by atoms with van der Waals surface area (Å²) >= 11 is 0. The maximum absolute atomic E-state index is 12.5. The van der Waals surface area contributed by atoms with E-state index in [0.717, 1.165) is 5.56 Å². The molecule has 2 aromatic carbocycles. The van der Waals surface area contributed by atoms with E-state index in [-0.39, 0.29) is 17.5 Å². The molecule has 2 rings (SSSR count). The van der Waals surface area contributed by atoms with E-state index in [1.54, 1.807) is 31.4 Å². The highest BCUT2D eigenvalue weighted by Gasteiger charge is 2.12. The van der Waals surface area contributed by atoms with Crippen LogP contribution in [0.15, 0.2) is 54.2 Å². The van der Waals surface area contributed by atoms with Crippen molar-refractivity contribution in [2.45, 2.75) is 13.5 Å². The number of carbonyl (C=O) groups excluding carboxylic acids is 2. The normalized spacial score (nSPS) is 10.8. The highest BCUT2D eigenvalue weighted by atomic mass is 16.5. The van der Waals surface area contributed by atoms with Crippen LogP contribution in [0.4, 0.5) is 0 Å². The number of nitrogens with one attached hydrogen (secondary N) is 2. The molecule has 0 atom stereocenters. The molecule has 0 aliphatic heterocycles. The molecule has 0 radical (unpaired) electrons. The zero-order valence-corrected chi connectivity index (χ0v) is 15.0. The van der Waals surface area contributed by atoms with Crippen molar-refractivity contribution in [2.75, 3.05) is 14.2 Å². The minimum absolute atomic E-state index is 0.153. The van der Waals surface area contributed by atoms with Crippen molar-refractivity contribution in [3.63, 3.8) is 0 Å². The Morgan fingerprint density at radius 1 is 1.00 bits per heavy atom. The first kappa shape index (κ1) is 19.1. The van der Waals surface area contributed by atoms with Gasteiger partial charge in [0.2, 0.25) is 5.91 Å². The van der Waals surface area contributed by atoms with E-state index in [1.165, 1.54) is 14.0 Å². The predicted molar refractivity (Wildman–Crippen MR) is 99.6 cm³/mol. The average molecular weight is 354 g/mol. The molecule has 0 unspecified atom stereocenters. The van der Waals surface area contributed by atoms with Gasteiger partial charge in [-0.2, -0.15) is 0 Å². The molecule has 0 bridgehead atoms. The van der Waals surface area contributed by atoms with Gasteiger partial charge >= 0.3 is 0 Å². The van der Waals surface area contributed by atoms with Gasteiger partial charge in [0, 0.05) is 13.5 Å². The Morgan fingerprint density at radius 2 is 1.69 bits per heavy atom. The van der Waals surface area contributed by atoms with Crippen LogP contribution in [0.5, 0.6) is 11.5 Å². The van der Waals surface area contributed by atoms with Gasteiger partial charge < -0.3 is 20.1 Å². The molecule has 0 fully saturated rings. The molecule has 0 aromatic heterocycles. The van der Waals surface area contributed by atoms with Crippen molar-refractivity contribution >= 4 is 17.9 Å². The number of hydrogen-bond donors (Lipinski definition) is 2. The minimum atomic E-state index is -0.376. The molecule has 6 heteroatoms. The van der Waals surface area contributed by atoms with Crippen LogP contribution in [-0.4, -0.2) is 26.0 Å². The summed E-state index contributed by atoms with van der Waals surface area (Å²) in [6.45, 7) is 1.72. The van der Waals surface area contributed by atoms with Crippen LogP contribution in [0.1, 0.15) is 18.1 Å². The summed E-state index contributed by atoms with van der Waals surface area (Å²) in [6, 6.07) is 14.8. The Hall–Kier alpha value is -3.28. The van der Waals surface area contributed by atoms with E-state index >= 15 is 0 Å². The topological polar surface area (TPSA) is 76.7 Å². The summed E-state index contributed by atoms with van der Waals surface area (Å²) in [7, 11) is 3.08. The highest BCUT2D eigenvalue weighted by Crippen LogP contribution is 2.28. The quantitative estimate of drug-likeness (QED) is 0.749. The average Bonchev–Trinajstić information content (AvgIpc) is 2.65. The minimum Gasteiger partial charge on any atom is -0.493 e. The summed E-state index contributed by atoms with van der Waals surface area (Å²) in [6.07, 6.45) is 1.59. The van der Waals surface area contributed by atoms with E-state index in [0.29, 0.717) is 23.6 Å². The van der Waals surface area contributed by atoms with Crippen molar-refractivity contribution in [3.05, 3.63) is 65.4 Å².